The monoisotopic (exact) mass is 301 g/mol. The van der Waals surface area contributed by atoms with Crippen molar-refractivity contribution in [3.05, 3.63) is 48.1 Å². The number of amides is 1. The lowest BCUT2D eigenvalue weighted by Crippen LogP contribution is -2.29. The predicted molar refractivity (Wildman–Crippen MR) is 74.7 cm³/mol. The summed E-state index contributed by atoms with van der Waals surface area (Å²) in [6.07, 6.45) is 5.56. The van der Waals surface area contributed by atoms with Crippen LogP contribution in [0.1, 0.15) is 41.5 Å². The minimum absolute atomic E-state index is 0.222. The smallest absolute Gasteiger partial charge is 0.274 e. The Balaban J connectivity index is 1.66. The van der Waals surface area contributed by atoms with Crippen molar-refractivity contribution in [2.24, 2.45) is 0 Å². The molecule has 0 fully saturated rings. The average molecular weight is 301 g/mol. The Morgan fingerprint density at radius 2 is 2.45 bits per heavy atom. The van der Waals surface area contributed by atoms with E-state index in [1.165, 1.54) is 6.33 Å². The molecule has 1 amide bonds. The van der Waals surface area contributed by atoms with Gasteiger partial charge in [-0.15, -0.1) is 0 Å². The summed E-state index contributed by atoms with van der Waals surface area (Å²) in [6.45, 7) is 2.37. The zero-order valence-corrected chi connectivity index (χ0v) is 11.9. The van der Waals surface area contributed by atoms with E-state index in [4.69, 9.17) is 4.52 Å². The number of aromatic amines is 1. The first-order chi connectivity index (χ1) is 10.8. The van der Waals surface area contributed by atoms with Gasteiger partial charge in [-0.2, -0.15) is 10.2 Å². The molecule has 0 aliphatic heterocycles. The molecule has 9 nitrogen and oxygen atoms in total. The minimum atomic E-state index is -0.321. The molecular weight excluding hydrogens is 286 g/mol. The number of nitrogens with zero attached hydrogens (tertiary/aromatic N) is 5. The molecule has 22 heavy (non-hydrogen) atoms. The van der Waals surface area contributed by atoms with Crippen LogP contribution in [0.4, 0.5) is 0 Å². The van der Waals surface area contributed by atoms with Gasteiger partial charge >= 0.3 is 0 Å². The molecule has 9 heteroatoms. The summed E-state index contributed by atoms with van der Waals surface area (Å²) < 4.78 is 6.84. The van der Waals surface area contributed by atoms with Gasteiger partial charge in [0.2, 0.25) is 0 Å². The molecular formula is C13H15N7O2. The van der Waals surface area contributed by atoms with Gasteiger partial charge < -0.3 is 9.84 Å². The van der Waals surface area contributed by atoms with Crippen LogP contribution in [0.3, 0.4) is 0 Å². The summed E-state index contributed by atoms with van der Waals surface area (Å²) in [5, 5.41) is 17.2. The highest BCUT2D eigenvalue weighted by atomic mass is 16.5. The van der Waals surface area contributed by atoms with Gasteiger partial charge in [-0.1, -0.05) is 12.1 Å². The van der Waals surface area contributed by atoms with Crippen molar-refractivity contribution in [2.45, 2.75) is 25.9 Å². The molecule has 0 aliphatic rings. The van der Waals surface area contributed by atoms with Crippen molar-refractivity contribution in [3.8, 4) is 0 Å². The van der Waals surface area contributed by atoms with Gasteiger partial charge in [0, 0.05) is 18.5 Å². The molecule has 0 saturated heterocycles. The Bertz CT molecular complexity index is 718. The van der Waals surface area contributed by atoms with Crippen LogP contribution in [0.2, 0.25) is 0 Å². The van der Waals surface area contributed by atoms with E-state index in [0.717, 1.165) is 0 Å². The van der Waals surface area contributed by atoms with Crippen molar-refractivity contribution in [3.63, 3.8) is 0 Å². The minimum Gasteiger partial charge on any atom is -0.359 e. The highest BCUT2D eigenvalue weighted by Gasteiger charge is 2.19. The molecule has 3 aromatic rings. The molecule has 3 aromatic heterocycles. The molecule has 2 N–H and O–H groups in total. The highest BCUT2D eigenvalue weighted by Crippen LogP contribution is 2.12. The van der Waals surface area contributed by atoms with Crippen molar-refractivity contribution in [1.82, 2.24) is 35.4 Å². The summed E-state index contributed by atoms with van der Waals surface area (Å²) >= 11 is 0. The largest absolute Gasteiger partial charge is 0.359 e. The second kappa shape index (κ2) is 6.20. The van der Waals surface area contributed by atoms with Gasteiger partial charge in [-0.25, -0.2) is 4.98 Å². The maximum Gasteiger partial charge on any atom is 0.274 e. The molecule has 3 heterocycles. The van der Waals surface area contributed by atoms with Crippen LogP contribution in [0, 0.1) is 0 Å². The second-order valence-electron chi connectivity index (χ2n) is 4.69. The number of hydrogen-bond acceptors (Lipinski definition) is 6. The molecule has 0 aliphatic carbocycles. The van der Waals surface area contributed by atoms with Gasteiger partial charge in [-0.3, -0.25) is 14.6 Å². The molecule has 114 valence electrons. The highest BCUT2D eigenvalue weighted by molar-refractivity contribution is 5.92. The van der Waals surface area contributed by atoms with Gasteiger partial charge in [0.25, 0.3) is 5.91 Å². The Kier molecular flexibility index (Phi) is 3.95. The lowest BCUT2D eigenvalue weighted by atomic mass is 10.2. The van der Waals surface area contributed by atoms with Crippen LogP contribution in [-0.2, 0) is 6.54 Å². The Morgan fingerprint density at radius 1 is 1.55 bits per heavy atom. The molecule has 1 atom stereocenters. The fourth-order valence-corrected chi connectivity index (χ4v) is 2.03. The number of nitrogens with one attached hydrogen (secondary N) is 2. The zero-order valence-electron chi connectivity index (χ0n) is 11.9. The van der Waals surface area contributed by atoms with Gasteiger partial charge in [0.05, 0.1) is 6.04 Å². The van der Waals surface area contributed by atoms with E-state index in [0.29, 0.717) is 24.6 Å². The van der Waals surface area contributed by atoms with Crippen molar-refractivity contribution < 1.29 is 9.32 Å². The molecule has 3 rings (SSSR count). The maximum atomic E-state index is 12.2. The number of hydrogen-bond donors (Lipinski definition) is 2. The second-order valence-corrected chi connectivity index (χ2v) is 4.69. The first kappa shape index (κ1) is 14.0. The molecule has 0 saturated carbocycles. The maximum absolute atomic E-state index is 12.2. The average Bonchev–Trinajstić information content (AvgIpc) is 3.26. The van der Waals surface area contributed by atoms with Gasteiger partial charge in [0.1, 0.15) is 18.7 Å². The Labute approximate surface area is 125 Å². The van der Waals surface area contributed by atoms with Crippen molar-refractivity contribution in [1.29, 1.82) is 0 Å². The Hall–Kier alpha value is -2.97. The summed E-state index contributed by atoms with van der Waals surface area (Å²) in [6, 6.07) is 3.17. The van der Waals surface area contributed by atoms with E-state index in [1.54, 1.807) is 23.1 Å². The molecule has 0 radical (unpaired) electrons. The molecule has 0 unspecified atom stereocenters. The van der Waals surface area contributed by atoms with E-state index in [2.05, 4.69) is 30.8 Å². The summed E-state index contributed by atoms with van der Waals surface area (Å²) in [5.74, 6) is 0.844. The van der Waals surface area contributed by atoms with Crippen molar-refractivity contribution in [2.75, 3.05) is 0 Å². The van der Waals surface area contributed by atoms with Crippen molar-refractivity contribution >= 4 is 5.91 Å². The summed E-state index contributed by atoms with van der Waals surface area (Å²) in [7, 11) is 0. The fraction of sp³-hybridized carbons (Fsp3) is 0.308. The van der Waals surface area contributed by atoms with Gasteiger partial charge in [-0.05, 0) is 12.5 Å². The van der Waals surface area contributed by atoms with E-state index in [1.807, 2.05) is 13.0 Å². The van der Waals surface area contributed by atoms with Crippen LogP contribution < -0.4 is 5.32 Å². The molecule has 0 aromatic carbocycles. The molecule has 0 spiro atoms. The number of carbonyl (C=O) groups excluding carboxylic acids is 1. The first-order valence-electron chi connectivity index (χ1n) is 6.85. The summed E-state index contributed by atoms with van der Waals surface area (Å²) in [4.78, 5) is 16.3. The third-order valence-electron chi connectivity index (χ3n) is 3.15. The van der Waals surface area contributed by atoms with E-state index in [9.17, 15) is 4.79 Å². The summed E-state index contributed by atoms with van der Waals surface area (Å²) in [5.41, 5.74) is 0.222. The topological polar surface area (TPSA) is 115 Å². The third-order valence-corrected chi connectivity index (χ3v) is 3.15. The standard InChI is InChI=1S/C13H15N7O2/c1-2-10(12-14-8-15-18-12)17-13(21)11-6-9(22-19-11)7-20-5-3-4-16-20/h3-6,8,10H,2,7H2,1H3,(H,17,21)(H,14,15,18)/t10-/m0/s1. The first-order valence-corrected chi connectivity index (χ1v) is 6.85. The van der Waals surface area contributed by atoms with Crippen LogP contribution >= 0.6 is 0 Å². The van der Waals surface area contributed by atoms with E-state index >= 15 is 0 Å². The number of H-pyrrole nitrogens is 1. The predicted octanol–water partition coefficient (Wildman–Crippen LogP) is 0.919. The third kappa shape index (κ3) is 3.03. The Morgan fingerprint density at radius 3 is 3.14 bits per heavy atom. The normalized spacial score (nSPS) is 12.2. The van der Waals surface area contributed by atoms with Crippen LogP contribution in [0.5, 0.6) is 0 Å². The van der Waals surface area contributed by atoms with Crippen LogP contribution in [0.15, 0.2) is 35.4 Å². The van der Waals surface area contributed by atoms with Crippen LogP contribution in [-0.4, -0.2) is 36.0 Å². The SMILES string of the molecule is CC[C@H](NC(=O)c1cc(Cn2cccn2)on1)c1ncn[nH]1. The quantitative estimate of drug-likeness (QED) is 0.699. The van der Waals surface area contributed by atoms with E-state index < -0.39 is 0 Å². The van der Waals surface area contributed by atoms with E-state index in [-0.39, 0.29) is 17.6 Å². The lowest BCUT2D eigenvalue weighted by molar-refractivity contribution is 0.0924. The van der Waals surface area contributed by atoms with Gasteiger partial charge in [0.15, 0.2) is 11.5 Å². The number of rotatable bonds is 6. The number of aromatic nitrogens is 6. The van der Waals surface area contributed by atoms with Crippen LogP contribution in [0.25, 0.3) is 0 Å². The zero-order chi connectivity index (χ0) is 15.4. The lowest BCUT2D eigenvalue weighted by Gasteiger charge is -2.12. The number of carbonyl (C=O) groups is 1. The molecule has 0 bridgehead atoms. The fourth-order valence-electron chi connectivity index (χ4n) is 2.03.